The fourth-order valence-electron chi connectivity index (χ4n) is 3.74. The molecule has 0 aliphatic carbocycles. The summed E-state index contributed by atoms with van der Waals surface area (Å²) >= 11 is 0. The number of nitrogens with zero attached hydrogens (tertiary/aromatic N) is 1. The Bertz CT molecular complexity index is 1440. The molecule has 4 rings (SSSR count). The number of sulfonamides is 1. The topological polar surface area (TPSA) is 79.5 Å². The van der Waals surface area contributed by atoms with Crippen LogP contribution in [0, 0.1) is 13.8 Å². The van der Waals surface area contributed by atoms with E-state index < -0.39 is 10.0 Å². The molecule has 0 saturated heterocycles. The Hall–Kier alpha value is -3.42. The van der Waals surface area contributed by atoms with Crippen molar-refractivity contribution in [1.82, 2.24) is 9.29 Å². The highest BCUT2D eigenvalue weighted by molar-refractivity contribution is 7.89. The van der Waals surface area contributed by atoms with Gasteiger partial charge < -0.3 is 9.72 Å². The number of pyridine rings is 1. The van der Waals surface area contributed by atoms with Gasteiger partial charge in [-0.15, -0.1) is 0 Å². The van der Waals surface area contributed by atoms with Gasteiger partial charge >= 0.3 is 0 Å². The molecule has 0 aliphatic rings. The Morgan fingerprint density at radius 2 is 1.55 bits per heavy atom. The van der Waals surface area contributed by atoms with E-state index in [1.165, 1.54) is 23.5 Å². The average molecular weight is 463 g/mol. The van der Waals surface area contributed by atoms with E-state index in [0.717, 1.165) is 27.6 Å². The summed E-state index contributed by atoms with van der Waals surface area (Å²) in [5.74, 6) is 0.570. The Morgan fingerprint density at radius 1 is 0.879 bits per heavy atom. The molecule has 0 spiro atoms. The maximum Gasteiger partial charge on any atom is 0.252 e. The van der Waals surface area contributed by atoms with Gasteiger partial charge in [0.15, 0.2) is 0 Å². The number of fused-ring (bicyclic) bond motifs is 1. The highest BCUT2D eigenvalue weighted by Crippen LogP contribution is 2.24. The van der Waals surface area contributed by atoms with E-state index in [1.54, 1.807) is 18.2 Å². The van der Waals surface area contributed by atoms with Crippen LogP contribution in [0.15, 0.2) is 82.5 Å². The van der Waals surface area contributed by atoms with Crippen molar-refractivity contribution < 1.29 is 13.2 Å². The van der Waals surface area contributed by atoms with Gasteiger partial charge in [-0.2, -0.15) is 4.31 Å². The van der Waals surface area contributed by atoms with Crippen LogP contribution in [0.1, 0.15) is 22.3 Å². The van der Waals surface area contributed by atoms with E-state index in [4.69, 9.17) is 4.74 Å². The van der Waals surface area contributed by atoms with Crippen LogP contribution < -0.4 is 10.3 Å². The molecule has 0 amide bonds. The molecule has 1 aromatic heterocycles. The van der Waals surface area contributed by atoms with E-state index >= 15 is 0 Å². The van der Waals surface area contributed by atoms with E-state index in [-0.39, 0.29) is 23.5 Å². The molecule has 0 aliphatic heterocycles. The quantitative estimate of drug-likeness (QED) is 0.437. The molecular weight excluding hydrogens is 436 g/mol. The molecule has 0 saturated carbocycles. The third-order valence-electron chi connectivity index (χ3n) is 5.78. The van der Waals surface area contributed by atoms with Gasteiger partial charge in [0, 0.05) is 24.2 Å². The number of aryl methyl sites for hydroxylation is 2. The second-order valence-corrected chi connectivity index (χ2v) is 10.0. The van der Waals surface area contributed by atoms with Crippen LogP contribution in [0.4, 0.5) is 0 Å². The number of nitrogens with one attached hydrogen (secondary N) is 1. The number of benzene rings is 3. The van der Waals surface area contributed by atoms with Crippen molar-refractivity contribution in [2.75, 3.05) is 7.11 Å². The predicted molar refractivity (Wildman–Crippen MR) is 130 cm³/mol. The van der Waals surface area contributed by atoms with Crippen LogP contribution in [0.5, 0.6) is 5.75 Å². The maximum absolute atomic E-state index is 13.6. The molecule has 1 N–H and O–H groups in total. The van der Waals surface area contributed by atoms with Crippen LogP contribution in [-0.2, 0) is 23.1 Å². The Morgan fingerprint density at radius 3 is 2.21 bits per heavy atom. The summed E-state index contributed by atoms with van der Waals surface area (Å²) in [7, 11) is -2.35. The highest BCUT2D eigenvalue weighted by atomic mass is 32.2. The minimum Gasteiger partial charge on any atom is -0.497 e. The standard InChI is InChI=1S/C26H26N2O4S/c1-18-13-21-15-22(26(29)27-25(21)14-19(18)2)17-28(16-20-7-5-4-6-8-20)33(30,31)24-11-9-23(32-3)10-12-24/h4-15H,16-17H2,1-3H3,(H,27,29). The number of ether oxygens (including phenoxy) is 1. The summed E-state index contributed by atoms with van der Waals surface area (Å²) in [5.41, 5.74) is 3.84. The molecule has 33 heavy (non-hydrogen) atoms. The van der Waals surface area contributed by atoms with Crippen LogP contribution in [0.25, 0.3) is 10.9 Å². The summed E-state index contributed by atoms with van der Waals surface area (Å²) in [6, 6.07) is 21.3. The van der Waals surface area contributed by atoms with E-state index in [2.05, 4.69) is 4.98 Å². The fourth-order valence-corrected chi connectivity index (χ4v) is 5.15. The number of aromatic nitrogens is 1. The van der Waals surface area contributed by atoms with Gasteiger partial charge in [-0.05, 0) is 78.4 Å². The molecule has 0 fully saturated rings. The number of aromatic amines is 1. The Balaban J connectivity index is 1.77. The van der Waals surface area contributed by atoms with E-state index in [0.29, 0.717) is 11.3 Å². The molecule has 0 atom stereocenters. The SMILES string of the molecule is COc1ccc(S(=O)(=O)N(Cc2ccccc2)Cc2cc3cc(C)c(C)cc3[nH]c2=O)cc1. The number of rotatable bonds is 7. The first-order valence-corrected chi connectivity index (χ1v) is 12.0. The summed E-state index contributed by atoms with van der Waals surface area (Å²) in [6.45, 7) is 4.08. The lowest BCUT2D eigenvalue weighted by Crippen LogP contribution is -2.32. The summed E-state index contributed by atoms with van der Waals surface area (Å²) in [4.78, 5) is 15.9. The molecule has 0 bridgehead atoms. The zero-order chi connectivity index (χ0) is 23.6. The molecular formula is C26H26N2O4S. The van der Waals surface area contributed by atoms with E-state index in [9.17, 15) is 13.2 Å². The number of hydrogen-bond donors (Lipinski definition) is 1. The predicted octanol–water partition coefficient (Wildman–Crippen LogP) is 4.54. The molecule has 0 unspecified atom stereocenters. The van der Waals surface area contributed by atoms with Gasteiger partial charge in [-0.1, -0.05) is 30.3 Å². The number of H-pyrrole nitrogens is 1. The lowest BCUT2D eigenvalue weighted by Gasteiger charge is -2.22. The maximum atomic E-state index is 13.6. The van der Waals surface area contributed by atoms with Gasteiger partial charge in [-0.25, -0.2) is 8.42 Å². The van der Waals surface area contributed by atoms with Gasteiger partial charge in [0.2, 0.25) is 10.0 Å². The lowest BCUT2D eigenvalue weighted by atomic mass is 10.0. The first-order chi connectivity index (χ1) is 15.8. The molecule has 1 heterocycles. The van der Waals surface area contributed by atoms with Crippen molar-refractivity contribution in [2.24, 2.45) is 0 Å². The molecule has 7 heteroatoms. The van der Waals surface area contributed by atoms with Crippen LogP contribution in [-0.4, -0.2) is 24.8 Å². The lowest BCUT2D eigenvalue weighted by molar-refractivity contribution is 0.399. The third kappa shape index (κ3) is 4.84. The fraction of sp³-hybridized carbons (Fsp3) is 0.192. The van der Waals surface area contributed by atoms with Crippen LogP contribution in [0.3, 0.4) is 0 Å². The highest BCUT2D eigenvalue weighted by Gasteiger charge is 2.26. The van der Waals surface area contributed by atoms with Gasteiger partial charge in [0.1, 0.15) is 5.75 Å². The summed E-state index contributed by atoms with van der Waals surface area (Å²) < 4.78 is 33.7. The molecule has 3 aromatic carbocycles. The molecule has 170 valence electrons. The number of hydrogen-bond acceptors (Lipinski definition) is 4. The van der Waals surface area contributed by atoms with Crippen molar-refractivity contribution in [3.05, 3.63) is 105 Å². The second kappa shape index (κ2) is 9.21. The smallest absolute Gasteiger partial charge is 0.252 e. The van der Waals surface area contributed by atoms with E-state index in [1.807, 2.05) is 56.3 Å². The van der Waals surface area contributed by atoms with Gasteiger partial charge in [-0.3, -0.25) is 4.79 Å². The Kier molecular flexibility index (Phi) is 6.35. The largest absolute Gasteiger partial charge is 0.497 e. The van der Waals surface area contributed by atoms with Crippen LogP contribution in [0.2, 0.25) is 0 Å². The van der Waals surface area contributed by atoms with Gasteiger partial charge in [0.05, 0.1) is 12.0 Å². The van der Waals surface area contributed by atoms with Crippen molar-refractivity contribution in [2.45, 2.75) is 31.8 Å². The minimum absolute atomic E-state index is 0.0541. The van der Waals surface area contributed by atoms with Crippen molar-refractivity contribution >= 4 is 20.9 Å². The number of methoxy groups -OCH3 is 1. The molecule has 0 radical (unpaired) electrons. The normalized spacial score (nSPS) is 11.8. The first kappa shape index (κ1) is 22.8. The summed E-state index contributed by atoms with van der Waals surface area (Å²) in [5, 5.41) is 0.870. The zero-order valence-corrected chi connectivity index (χ0v) is 19.6. The third-order valence-corrected chi connectivity index (χ3v) is 7.59. The second-order valence-electron chi connectivity index (χ2n) is 8.08. The summed E-state index contributed by atoms with van der Waals surface area (Å²) in [6.07, 6.45) is 0. The Labute approximate surface area is 193 Å². The van der Waals surface area contributed by atoms with Crippen LogP contribution >= 0.6 is 0 Å². The molecule has 6 nitrogen and oxygen atoms in total. The van der Waals surface area contributed by atoms with Crippen molar-refractivity contribution in [3.8, 4) is 5.75 Å². The molecule has 4 aromatic rings. The monoisotopic (exact) mass is 462 g/mol. The average Bonchev–Trinajstić information content (AvgIpc) is 2.81. The first-order valence-electron chi connectivity index (χ1n) is 10.6. The minimum atomic E-state index is -3.88. The zero-order valence-electron chi connectivity index (χ0n) is 18.8. The van der Waals surface area contributed by atoms with Gasteiger partial charge in [0.25, 0.3) is 5.56 Å². The van der Waals surface area contributed by atoms with Crippen molar-refractivity contribution in [3.63, 3.8) is 0 Å². The van der Waals surface area contributed by atoms with Crippen molar-refractivity contribution in [1.29, 1.82) is 0 Å².